The van der Waals surface area contributed by atoms with Crippen LogP contribution in [0.15, 0.2) is 12.3 Å². The molecule has 0 aliphatic carbocycles. The molecule has 1 heterocycles. The number of aromatic nitrogens is 1. The number of carbonyl (C=O) groups excluding carboxylic acids is 1. The predicted molar refractivity (Wildman–Crippen MR) is 67.8 cm³/mol. The molecule has 0 aliphatic heterocycles. The summed E-state index contributed by atoms with van der Waals surface area (Å²) >= 11 is 0. The zero-order valence-corrected chi connectivity index (χ0v) is 10.9. The molecule has 6 heteroatoms. The molecule has 0 bridgehead atoms. The van der Waals surface area contributed by atoms with Crippen molar-refractivity contribution >= 4 is 5.91 Å². The zero-order valence-electron chi connectivity index (χ0n) is 10.9. The van der Waals surface area contributed by atoms with Gasteiger partial charge in [-0.05, 0) is 0 Å². The van der Waals surface area contributed by atoms with Gasteiger partial charge in [-0.2, -0.15) is 0 Å². The normalized spacial score (nSPS) is 10.2. The van der Waals surface area contributed by atoms with Crippen LogP contribution in [0.3, 0.4) is 0 Å². The summed E-state index contributed by atoms with van der Waals surface area (Å²) in [6.45, 7) is 2.01. The second kappa shape index (κ2) is 7.62. The van der Waals surface area contributed by atoms with Crippen LogP contribution >= 0.6 is 0 Å². The van der Waals surface area contributed by atoms with E-state index in [0.29, 0.717) is 24.6 Å². The molecule has 0 unspecified atom stereocenters. The Balaban J connectivity index is 2.71. The van der Waals surface area contributed by atoms with Crippen molar-refractivity contribution in [2.45, 2.75) is 6.54 Å². The number of hydrogen-bond donors (Lipinski definition) is 2. The second-order valence-corrected chi connectivity index (χ2v) is 3.63. The Kier molecular flexibility index (Phi) is 6.10. The molecular formula is C12H19N3O3. The van der Waals surface area contributed by atoms with Crippen molar-refractivity contribution in [3.63, 3.8) is 0 Å². The largest absolute Gasteiger partial charge is 0.496 e. The third kappa shape index (κ3) is 3.97. The van der Waals surface area contributed by atoms with Crippen LogP contribution in [0, 0.1) is 0 Å². The van der Waals surface area contributed by atoms with E-state index in [4.69, 9.17) is 9.47 Å². The summed E-state index contributed by atoms with van der Waals surface area (Å²) < 4.78 is 10.2. The van der Waals surface area contributed by atoms with Gasteiger partial charge in [0.05, 0.1) is 13.7 Å². The third-order valence-electron chi connectivity index (χ3n) is 2.42. The van der Waals surface area contributed by atoms with Crippen molar-refractivity contribution in [2.75, 3.05) is 34.4 Å². The van der Waals surface area contributed by atoms with E-state index in [1.165, 1.54) is 0 Å². The van der Waals surface area contributed by atoms with Crippen molar-refractivity contribution in [2.24, 2.45) is 0 Å². The van der Waals surface area contributed by atoms with Crippen LogP contribution in [0.1, 0.15) is 16.1 Å². The van der Waals surface area contributed by atoms with E-state index in [9.17, 15) is 4.79 Å². The maximum atomic E-state index is 11.4. The van der Waals surface area contributed by atoms with Crippen LogP contribution in [0.5, 0.6) is 5.75 Å². The highest BCUT2D eigenvalue weighted by Gasteiger charge is 2.10. The molecule has 0 spiro atoms. The van der Waals surface area contributed by atoms with E-state index < -0.39 is 0 Å². The summed E-state index contributed by atoms with van der Waals surface area (Å²) in [5.41, 5.74) is 1.25. The Bertz CT molecular complexity index is 396. The van der Waals surface area contributed by atoms with Crippen LogP contribution in [-0.2, 0) is 11.3 Å². The smallest absolute Gasteiger partial charge is 0.269 e. The van der Waals surface area contributed by atoms with Gasteiger partial charge in [-0.25, -0.2) is 0 Å². The van der Waals surface area contributed by atoms with Crippen molar-refractivity contribution < 1.29 is 14.3 Å². The molecule has 1 aromatic rings. The molecule has 0 atom stereocenters. The summed E-state index contributed by atoms with van der Waals surface area (Å²) in [6, 6.07) is 1.63. The standard InChI is InChI=1S/C12H19N3O3/c1-13-12(16)10-6-11(18-3)9(8-15-10)7-14-4-5-17-2/h6,8,14H,4-5,7H2,1-3H3,(H,13,16). The second-order valence-electron chi connectivity index (χ2n) is 3.63. The number of amides is 1. The van der Waals surface area contributed by atoms with Gasteiger partial charge in [-0.3, -0.25) is 9.78 Å². The van der Waals surface area contributed by atoms with Crippen molar-refractivity contribution in [1.29, 1.82) is 0 Å². The highest BCUT2D eigenvalue weighted by molar-refractivity contribution is 5.92. The molecule has 0 saturated carbocycles. The first-order valence-corrected chi connectivity index (χ1v) is 5.67. The minimum Gasteiger partial charge on any atom is -0.496 e. The van der Waals surface area contributed by atoms with Gasteiger partial charge in [0.15, 0.2) is 0 Å². The van der Waals surface area contributed by atoms with Crippen molar-refractivity contribution in [3.8, 4) is 5.75 Å². The zero-order chi connectivity index (χ0) is 13.4. The number of ether oxygens (including phenoxy) is 2. The lowest BCUT2D eigenvalue weighted by Gasteiger charge is -2.10. The Morgan fingerprint density at radius 1 is 1.44 bits per heavy atom. The number of pyridine rings is 1. The predicted octanol–water partition coefficient (Wildman–Crippen LogP) is 0.186. The van der Waals surface area contributed by atoms with Gasteiger partial charge in [-0.15, -0.1) is 0 Å². The quantitative estimate of drug-likeness (QED) is 0.678. The van der Waals surface area contributed by atoms with Gasteiger partial charge in [-0.1, -0.05) is 0 Å². The van der Waals surface area contributed by atoms with Crippen molar-refractivity contribution in [1.82, 2.24) is 15.6 Å². The molecule has 0 aromatic carbocycles. The number of rotatable bonds is 7. The van der Waals surface area contributed by atoms with Gasteiger partial charge in [0, 0.05) is 45.1 Å². The molecule has 100 valence electrons. The fraction of sp³-hybridized carbons (Fsp3) is 0.500. The monoisotopic (exact) mass is 253 g/mol. The average molecular weight is 253 g/mol. The number of nitrogens with zero attached hydrogens (tertiary/aromatic N) is 1. The molecular weight excluding hydrogens is 234 g/mol. The summed E-state index contributed by atoms with van der Waals surface area (Å²) in [5, 5.41) is 5.72. The molecule has 18 heavy (non-hydrogen) atoms. The summed E-state index contributed by atoms with van der Waals surface area (Å²) in [4.78, 5) is 15.5. The number of hydrogen-bond acceptors (Lipinski definition) is 5. The maximum absolute atomic E-state index is 11.4. The molecule has 0 radical (unpaired) electrons. The van der Waals surface area contributed by atoms with Gasteiger partial charge >= 0.3 is 0 Å². The summed E-state index contributed by atoms with van der Waals surface area (Å²) in [5.74, 6) is 0.417. The first kappa shape index (κ1) is 14.4. The van der Waals surface area contributed by atoms with Crippen LogP contribution in [-0.4, -0.2) is 45.3 Å². The molecule has 6 nitrogen and oxygen atoms in total. The van der Waals surface area contributed by atoms with Crippen LogP contribution in [0.25, 0.3) is 0 Å². The average Bonchev–Trinajstić information content (AvgIpc) is 2.42. The highest BCUT2D eigenvalue weighted by atomic mass is 16.5. The van der Waals surface area contributed by atoms with Crippen LogP contribution in [0.4, 0.5) is 0 Å². The Morgan fingerprint density at radius 2 is 2.22 bits per heavy atom. The Morgan fingerprint density at radius 3 is 2.83 bits per heavy atom. The SMILES string of the molecule is CNC(=O)c1cc(OC)c(CNCCOC)cn1. The van der Waals surface area contributed by atoms with Gasteiger partial charge in [0.2, 0.25) is 0 Å². The molecule has 0 aliphatic rings. The molecule has 0 saturated heterocycles. The molecule has 1 aromatic heterocycles. The minimum absolute atomic E-state index is 0.229. The van der Waals surface area contributed by atoms with Crippen LogP contribution in [0.2, 0.25) is 0 Å². The third-order valence-corrected chi connectivity index (χ3v) is 2.42. The number of methoxy groups -OCH3 is 2. The lowest BCUT2D eigenvalue weighted by atomic mass is 10.2. The summed E-state index contributed by atoms with van der Waals surface area (Å²) in [6.07, 6.45) is 1.64. The van der Waals surface area contributed by atoms with E-state index in [-0.39, 0.29) is 5.91 Å². The van der Waals surface area contributed by atoms with E-state index in [1.807, 2.05) is 0 Å². The molecule has 0 fully saturated rings. The van der Waals surface area contributed by atoms with E-state index in [0.717, 1.165) is 12.1 Å². The topological polar surface area (TPSA) is 72.5 Å². The molecule has 2 N–H and O–H groups in total. The van der Waals surface area contributed by atoms with Gasteiger partial charge in [0.25, 0.3) is 5.91 Å². The lowest BCUT2D eigenvalue weighted by Crippen LogP contribution is -2.21. The first-order chi connectivity index (χ1) is 8.72. The van der Waals surface area contributed by atoms with Gasteiger partial charge < -0.3 is 20.1 Å². The van der Waals surface area contributed by atoms with E-state index in [1.54, 1.807) is 33.5 Å². The lowest BCUT2D eigenvalue weighted by molar-refractivity contribution is 0.0957. The first-order valence-electron chi connectivity index (χ1n) is 5.67. The molecule has 1 amide bonds. The van der Waals surface area contributed by atoms with E-state index in [2.05, 4.69) is 15.6 Å². The number of carbonyl (C=O) groups is 1. The number of nitrogens with one attached hydrogen (secondary N) is 2. The molecule has 1 rings (SSSR count). The fourth-order valence-corrected chi connectivity index (χ4v) is 1.44. The summed E-state index contributed by atoms with van der Waals surface area (Å²) in [7, 11) is 4.79. The minimum atomic E-state index is -0.229. The highest BCUT2D eigenvalue weighted by Crippen LogP contribution is 2.18. The maximum Gasteiger partial charge on any atom is 0.269 e. The van der Waals surface area contributed by atoms with Crippen molar-refractivity contribution in [3.05, 3.63) is 23.5 Å². The fourth-order valence-electron chi connectivity index (χ4n) is 1.44. The Hall–Kier alpha value is -1.66. The van der Waals surface area contributed by atoms with Gasteiger partial charge in [0.1, 0.15) is 11.4 Å². The Labute approximate surface area is 107 Å². The van der Waals surface area contributed by atoms with E-state index >= 15 is 0 Å². The van der Waals surface area contributed by atoms with Crippen LogP contribution < -0.4 is 15.4 Å².